The Balaban J connectivity index is 2.16. The van der Waals surface area contributed by atoms with Crippen molar-refractivity contribution in [3.05, 3.63) is 35.0 Å². The van der Waals surface area contributed by atoms with E-state index in [2.05, 4.69) is 15.5 Å². The van der Waals surface area contributed by atoms with Crippen LogP contribution < -0.4 is 5.32 Å². The lowest BCUT2D eigenvalue weighted by Gasteiger charge is -2.08. The van der Waals surface area contributed by atoms with E-state index in [9.17, 15) is 9.59 Å². The molecule has 19 heavy (non-hydrogen) atoms. The molecule has 0 saturated carbocycles. The van der Waals surface area contributed by atoms with Crippen molar-refractivity contribution in [2.45, 2.75) is 20.3 Å². The van der Waals surface area contributed by atoms with Gasteiger partial charge in [0, 0.05) is 12.1 Å². The van der Waals surface area contributed by atoms with E-state index in [4.69, 9.17) is 0 Å². The number of aromatic amines is 1. The number of anilines is 1. The summed E-state index contributed by atoms with van der Waals surface area (Å²) in [5.41, 5.74) is 0.947. The second-order valence-electron chi connectivity index (χ2n) is 4.26. The van der Waals surface area contributed by atoms with Gasteiger partial charge in [-0.3, -0.25) is 14.7 Å². The van der Waals surface area contributed by atoms with Crippen LogP contribution in [-0.4, -0.2) is 21.9 Å². The maximum Gasteiger partial charge on any atom is 0.274 e. The smallest absolute Gasteiger partial charge is 0.274 e. The second kappa shape index (κ2) is 5.79. The minimum Gasteiger partial charge on any atom is -0.312 e. The normalized spacial score (nSPS) is 12.1. The lowest BCUT2D eigenvalue weighted by Crippen LogP contribution is -2.16. The fraction of sp³-hybridized carbons (Fsp3) is 0.308. The van der Waals surface area contributed by atoms with Gasteiger partial charge in [-0.05, 0) is 23.9 Å². The van der Waals surface area contributed by atoms with Crippen molar-refractivity contribution in [3.63, 3.8) is 0 Å². The Hall–Kier alpha value is -1.95. The maximum atomic E-state index is 12.2. The minimum absolute atomic E-state index is 0.0441. The van der Waals surface area contributed by atoms with Crippen molar-refractivity contribution in [1.29, 1.82) is 0 Å². The third-order valence-electron chi connectivity index (χ3n) is 2.96. The average Bonchev–Trinajstić information content (AvgIpc) is 3.07. The van der Waals surface area contributed by atoms with E-state index in [1.165, 1.54) is 17.5 Å². The van der Waals surface area contributed by atoms with E-state index in [1.807, 2.05) is 13.8 Å². The average molecular weight is 277 g/mol. The van der Waals surface area contributed by atoms with E-state index >= 15 is 0 Å². The molecule has 1 amide bonds. The Labute approximate surface area is 115 Å². The van der Waals surface area contributed by atoms with Gasteiger partial charge >= 0.3 is 0 Å². The highest BCUT2D eigenvalue weighted by Crippen LogP contribution is 2.27. The lowest BCUT2D eigenvalue weighted by molar-refractivity contribution is 0.0928. The molecule has 1 unspecified atom stereocenters. The number of hydrogen-bond donors (Lipinski definition) is 2. The maximum absolute atomic E-state index is 12.2. The summed E-state index contributed by atoms with van der Waals surface area (Å²) in [6.07, 6.45) is 2.29. The molecular formula is C13H15N3O2S. The molecule has 1 atom stereocenters. The molecular weight excluding hydrogens is 262 g/mol. The van der Waals surface area contributed by atoms with Crippen LogP contribution in [0.3, 0.4) is 0 Å². The molecule has 0 aromatic carbocycles. The monoisotopic (exact) mass is 277 g/mol. The van der Waals surface area contributed by atoms with Gasteiger partial charge < -0.3 is 5.32 Å². The molecule has 100 valence electrons. The van der Waals surface area contributed by atoms with Gasteiger partial charge in [-0.1, -0.05) is 13.8 Å². The summed E-state index contributed by atoms with van der Waals surface area (Å²) in [5.74, 6) is -0.279. The Morgan fingerprint density at radius 2 is 2.26 bits per heavy atom. The molecule has 0 bridgehead atoms. The zero-order valence-corrected chi connectivity index (χ0v) is 11.6. The largest absolute Gasteiger partial charge is 0.312 e. The van der Waals surface area contributed by atoms with Gasteiger partial charge in [0.2, 0.25) is 0 Å². The fourth-order valence-corrected chi connectivity index (χ4v) is 2.39. The Morgan fingerprint density at radius 3 is 2.89 bits per heavy atom. The number of carbonyl (C=O) groups is 2. The second-order valence-corrected chi connectivity index (χ2v) is 5.18. The molecule has 0 aliphatic rings. The van der Waals surface area contributed by atoms with Gasteiger partial charge in [-0.25, -0.2) is 0 Å². The number of rotatable bonds is 5. The first-order valence-electron chi connectivity index (χ1n) is 6.06. The lowest BCUT2D eigenvalue weighted by atomic mass is 9.99. The number of thiophene rings is 1. The summed E-state index contributed by atoms with van der Waals surface area (Å²) >= 11 is 1.34. The molecule has 0 aliphatic heterocycles. The van der Waals surface area contributed by atoms with Crippen LogP contribution in [0.2, 0.25) is 0 Å². The predicted molar refractivity (Wildman–Crippen MR) is 74.6 cm³/mol. The summed E-state index contributed by atoms with van der Waals surface area (Å²) in [6.45, 7) is 3.86. The Morgan fingerprint density at radius 1 is 1.47 bits per heavy atom. The van der Waals surface area contributed by atoms with Crippen LogP contribution in [0.4, 0.5) is 5.00 Å². The van der Waals surface area contributed by atoms with E-state index < -0.39 is 0 Å². The van der Waals surface area contributed by atoms with Gasteiger partial charge in [0.1, 0.15) is 10.7 Å². The number of H-pyrrole nitrogens is 1. The van der Waals surface area contributed by atoms with Crippen LogP contribution in [0, 0.1) is 5.92 Å². The molecule has 2 heterocycles. The van der Waals surface area contributed by atoms with E-state index in [0.29, 0.717) is 16.3 Å². The molecule has 0 radical (unpaired) electrons. The Kier molecular flexibility index (Phi) is 4.11. The standard InChI is InChI=1S/C13H15N3O2S/c1-3-8(2)11(17)9-5-7-19-13(9)15-12(18)10-4-6-14-16-10/h4-8H,3H2,1-2H3,(H,14,16)(H,15,18). The molecule has 2 rings (SSSR count). The zero-order chi connectivity index (χ0) is 13.8. The minimum atomic E-state index is -0.293. The van der Waals surface area contributed by atoms with Gasteiger partial charge in [0.25, 0.3) is 5.91 Å². The van der Waals surface area contributed by atoms with Gasteiger partial charge in [-0.15, -0.1) is 11.3 Å². The number of ketones is 1. The molecule has 0 fully saturated rings. The highest BCUT2D eigenvalue weighted by molar-refractivity contribution is 7.14. The van der Waals surface area contributed by atoms with Crippen molar-refractivity contribution >= 4 is 28.0 Å². The number of nitrogens with zero attached hydrogens (tertiary/aromatic N) is 1. The van der Waals surface area contributed by atoms with Crippen molar-refractivity contribution in [2.75, 3.05) is 5.32 Å². The molecule has 0 spiro atoms. The molecule has 2 aromatic heterocycles. The van der Waals surface area contributed by atoms with Gasteiger partial charge in [-0.2, -0.15) is 5.10 Å². The van der Waals surface area contributed by atoms with Gasteiger partial charge in [0.05, 0.1) is 5.56 Å². The highest BCUT2D eigenvalue weighted by atomic mass is 32.1. The summed E-state index contributed by atoms with van der Waals surface area (Å²) in [7, 11) is 0. The third-order valence-corrected chi connectivity index (χ3v) is 3.79. The van der Waals surface area contributed by atoms with Crippen LogP contribution in [-0.2, 0) is 0 Å². The number of nitrogens with one attached hydrogen (secondary N) is 2. The van der Waals surface area contributed by atoms with Crippen LogP contribution in [0.25, 0.3) is 0 Å². The van der Waals surface area contributed by atoms with Crippen LogP contribution in [0.1, 0.15) is 41.1 Å². The topological polar surface area (TPSA) is 74.8 Å². The molecule has 5 nitrogen and oxygen atoms in total. The molecule has 2 N–H and O–H groups in total. The van der Waals surface area contributed by atoms with Crippen molar-refractivity contribution in [2.24, 2.45) is 5.92 Å². The van der Waals surface area contributed by atoms with Crippen LogP contribution in [0.15, 0.2) is 23.7 Å². The van der Waals surface area contributed by atoms with Gasteiger partial charge in [0.15, 0.2) is 5.78 Å². The van der Waals surface area contributed by atoms with Crippen molar-refractivity contribution in [3.8, 4) is 0 Å². The first-order chi connectivity index (χ1) is 9.13. The summed E-state index contributed by atoms with van der Waals surface area (Å²) in [4.78, 5) is 24.1. The quantitative estimate of drug-likeness (QED) is 0.825. The number of hydrogen-bond acceptors (Lipinski definition) is 4. The third kappa shape index (κ3) is 2.90. The highest BCUT2D eigenvalue weighted by Gasteiger charge is 2.19. The summed E-state index contributed by atoms with van der Waals surface area (Å²) in [6, 6.07) is 3.33. The molecule has 6 heteroatoms. The number of carbonyl (C=O) groups excluding carboxylic acids is 2. The van der Waals surface area contributed by atoms with Crippen molar-refractivity contribution < 1.29 is 9.59 Å². The predicted octanol–water partition coefficient (Wildman–Crippen LogP) is 2.95. The first kappa shape index (κ1) is 13.5. The van der Waals surface area contributed by atoms with Crippen molar-refractivity contribution in [1.82, 2.24) is 10.2 Å². The van der Waals surface area contributed by atoms with Crippen LogP contribution in [0.5, 0.6) is 0 Å². The summed E-state index contributed by atoms with van der Waals surface area (Å²) < 4.78 is 0. The number of amides is 1. The zero-order valence-electron chi connectivity index (χ0n) is 10.8. The number of Topliss-reactive ketones (excluding diaryl/α,β-unsaturated/α-hetero) is 1. The SMILES string of the molecule is CCC(C)C(=O)c1ccsc1NC(=O)c1ccn[nH]1. The fourth-order valence-electron chi connectivity index (χ4n) is 1.60. The summed E-state index contributed by atoms with van der Waals surface area (Å²) in [5, 5.41) is 11.4. The van der Waals surface area contributed by atoms with E-state index in [1.54, 1.807) is 17.5 Å². The van der Waals surface area contributed by atoms with E-state index in [-0.39, 0.29) is 17.6 Å². The number of aromatic nitrogens is 2. The Bertz CT molecular complexity index is 574. The first-order valence-corrected chi connectivity index (χ1v) is 6.93. The molecule has 2 aromatic rings. The molecule has 0 saturated heterocycles. The van der Waals surface area contributed by atoms with Crippen LogP contribution >= 0.6 is 11.3 Å². The van der Waals surface area contributed by atoms with E-state index in [0.717, 1.165) is 6.42 Å². The molecule has 0 aliphatic carbocycles.